The van der Waals surface area contributed by atoms with Gasteiger partial charge in [0.05, 0.1) is 31.5 Å². The lowest BCUT2D eigenvalue weighted by Crippen LogP contribution is -2.47. The van der Waals surface area contributed by atoms with E-state index in [1.54, 1.807) is 14.2 Å². The fourth-order valence-electron chi connectivity index (χ4n) is 4.48. The van der Waals surface area contributed by atoms with Crippen LogP contribution in [0.2, 0.25) is 5.02 Å². The topological polar surface area (TPSA) is 62.8 Å². The van der Waals surface area contributed by atoms with E-state index in [4.69, 9.17) is 21.1 Å². The number of benzene rings is 2. The van der Waals surface area contributed by atoms with E-state index >= 15 is 0 Å². The average molecular weight is 430 g/mol. The Kier molecular flexibility index (Phi) is 5.95. The van der Waals surface area contributed by atoms with Gasteiger partial charge in [-0.1, -0.05) is 17.7 Å². The molecule has 0 atom stereocenters. The van der Waals surface area contributed by atoms with Gasteiger partial charge in [-0.15, -0.1) is 0 Å². The van der Waals surface area contributed by atoms with Crippen molar-refractivity contribution in [2.75, 3.05) is 24.9 Å². The van der Waals surface area contributed by atoms with Crippen LogP contribution in [0.5, 0.6) is 11.5 Å². The molecule has 0 spiro atoms. The average Bonchev–Trinajstić information content (AvgIpc) is 2.75. The van der Waals surface area contributed by atoms with E-state index in [2.05, 4.69) is 17.6 Å². The van der Waals surface area contributed by atoms with Gasteiger partial charge < -0.3 is 25.0 Å². The first-order valence-corrected chi connectivity index (χ1v) is 10.7. The number of nitrogens with one attached hydrogen (secondary N) is 2. The third kappa shape index (κ3) is 4.01. The maximum absolute atomic E-state index is 12.8. The summed E-state index contributed by atoms with van der Waals surface area (Å²) >= 11 is 6.24. The first-order valence-electron chi connectivity index (χ1n) is 10.3. The SMILES string of the molecule is COc1ccc(NC2CCC(N3Cc4c(C)ccc(OC)c4NC3=O)CC2)cc1Cl. The molecule has 4 rings (SSSR count). The molecular weight excluding hydrogens is 402 g/mol. The molecular formula is C23H28ClN3O3. The fraction of sp³-hybridized carbons (Fsp3) is 0.435. The van der Waals surface area contributed by atoms with E-state index in [0.29, 0.717) is 23.4 Å². The fourth-order valence-corrected chi connectivity index (χ4v) is 4.74. The monoisotopic (exact) mass is 429 g/mol. The molecule has 0 radical (unpaired) electrons. The van der Waals surface area contributed by atoms with Crippen molar-refractivity contribution in [3.63, 3.8) is 0 Å². The van der Waals surface area contributed by atoms with Crippen LogP contribution in [0.15, 0.2) is 30.3 Å². The summed E-state index contributed by atoms with van der Waals surface area (Å²) in [7, 11) is 3.25. The van der Waals surface area contributed by atoms with Crippen LogP contribution in [0.4, 0.5) is 16.2 Å². The summed E-state index contributed by atoms with van der Waals surface area (Å²) in [6, 6.07) is 10.3. The Bertz CT molecular complexity index is 942. The molecule has 2 aromatic rings. The second-order valence-corrected chi connectivity index (χ2v) is 8.40. The van der Waals surface area contributed by atoms with Crippen LogP contribution in [-0.2, 0) is 6.54 Å². The van der Waals surface area contributed by atoms with Gasteiger partial charge in [0.25, 0.3) is 0 Å². The standard InChI is InChI=1S/C23H28ClN3O3/c1-14-4-10-21(30-3)22-18(14)13-27(23(28)26-22)17-8-5-15(6-9-17)25-16-7-11-20(29-2)19(24)12-16/h4,7,10-12,15,17,25H,5-6,8-9,13H2,1-3H3,(H,26,28). The highest BCUT2D eigenvalue weighted by Crippen LogP contribution is 2.37. The number of halogens is 1. The van der Waals surface area contributed by atoms with E-state index < -0.39 is 0 Å². The smallest absolute Gasteiger partial charge is 0.322 e. The van der Waals surface area contributed by atoms with Gasteiger partial charge in [0.1, 0.15) is 11.5 Å². The largest absolute Gasteiger partial charge is 0.495 e. The molecule has 0 aromatic heterocycles. The number of fused-ring (bicyclic) bond motifs is 1. The number of amides is 2. The van der Waals surface area contributed by atoms with Gasteiger partial charge in [-0.25, -0.2) is 4.79 Å². The Morgan fingerprint density at radius 3 is 2.43 bits per heavy atom. The Balaban J connectivity index is 1.40. The van der Waals surface area contributed by atoms with Crippen molar-refractivity contribution in [2.24, 2.45) is 0 Å². The normalized spacial score (nSPS) is 20.9. The van der Waals surface area contributed by atoms with Crippen LogP contribution in [-0.4, -0.2) is 37.2 Å². The molecule has 6 nitrogen and oxygen atoms in total. The van der Waals surface area contributed by atoms with Gasteiger partial charge in [0, 0.05) is 23.3 Å². The number of carbonyl (C=O) groups is 1. The number of hydrogen-bond acceptors (Lipinski definition) is 4. The molecule has 1 heterocycles. The maximum Gasteiger partial charge on any atom is 0.322 e. The van der Waals surface area contributed by atoms with Crippen LogP contribution in [0.25, 0.3) is 0 Å². The van der Waals surface area contributed by atoms with Crippen molar-refractivity contribution in [3.8, 4) is 11.5 Å². The molecule has 2 amide bonds. The quantitative estimate of drug-likeness (QED) is 0.664. The number of aryl methyl sites for hydroxylation is 1. The third-order valence-electron chi connectivity index (χ3n) is 6.21. The Labute approximate surface area is 182 Å². The van der Waals surface area contributed by atoms with Gasteiger partial charge in [-0.2, -0.15) is 0 Å². The van der Waals surface area contributed by atoms with E-state index in [9.17, 15) is 4.79 Å². The molecule has 0 bridgehead atoms. The second kappa shape index (κ2) is 8.64. The zero-order valence-electron chi connectivity index (χ0n) is 17.6. The number of nitrogens with zero attached hydrogens (tertiary/aromatic N) is 1. The van der Waals surface area contributed by atoms with Gasteiger partial charge in [-0.05, 0) is 62.4 Å². The second-order valence-electron chi connectivity index (χ2n) is 8.00. The van der Waals surface area contributed by atoms with Gasteiger partial charge in [0.2, 0.25) is 0 Å². The molecule has 0 unspecified atom stereocenters. The van der Waals surface area contributed by atoms with Crippen molar-refractivity contribution in [2.45, 2.75) is 51.2 Å². The van der Waals surface area contributed by atoms with Gasteiger partial charge in [-0.3, -0.25) is 0 Å². The van der Waals surface area contributed by atoms with Crippen LogP contribution >= 0.6 is 11.6 Å². The molecule has 160 valence electrons. The highest BCUT2D eigenvalue weighted by atomic mass is 35.5. The minimum Gasteiger partial charge on any atom is -0.495 e. The highest BCUT2D eigenvalue weighted by Gasteiger charge is 2.33. The number of carbonyl (C=O) groups excluding carboxylic acids is 1. The van der Waals surface area contributed by atoms with Gasteiger partial charge in [0.15, 0.2) is 0 Å². The summed E-state index contributed by atoms with van der Waals surface area (Å²) in [5.74, 6) is 1.39. The van der Waals surface area contributed by atoms with Crippen LogP contribution in [0, 0.1) is 6.92 Å². The Morgan fingerprint density at radius 2 is 1.77 bits per heavy atom. The molecule has 1 aliphatic carbocycles. The zero-order valence-corrected chi connectivity index (χ0v) is 18.4. The number of urea groups is 1. The van der Waals surface area contributed by atoms with E-state index in [0.717, 1.165) is 48.4 Å². The molecule has 30 heavy (non-hydrogen) atoms. The number of hydrogen-bond donors (Lipinski definition) is 2. The summed E-state index contributed by atoms with van der Waals surface area (Å²) < 4.78 is 10.6. The van der Waals surface area contributed by atoms with Gasteiger partial charge >= 0.3 is 6.03 Å². The summed E-state index contributed by atoms with van der Waals surface area (Å²) in [5.41, 5.74) is 4.12. The Morgan fingerprint density at radius 1 is 1.07 bits per heavy atom. The van der Waals surface area contributed by atoms with Crippen molar-refractivity contribution in [1.82, 2.24) is 4.90 Å². The lowest BCUT2D eigenvalue weighted by atomic mass is 9.89. The molecule has 2 aliphatic rings. The maximum atomic E-state index is 12.8. The number of ether oxygens (including phenoxy) is 2. The minimum atomic E-state index is -0.0373. The molecule has 7 heteroatoms. The number of rotatable bonds is 5. The van der Waals surface area contributed by atoms with Crippen molar-refractivity contribution >= 4 is 29.0 Å². The summed E-state index contributed by atoms with van der Waals surface area (Å²) in [5, 5.41) is 7.23. The third-order valence-corrected chi connectivity index (χ3v) is 6.51. The predicted octanol–water partition coefficient (Wildman–Crippen LogP) is 5.44. The predicted molar refractivity (Wildman–Crippen MR) is 120 cm³/mol. The summed E-state index contributed by atoms with van der Waals surface area (Å²) in [6.45, 7) is 2.70. The van der Waals surface area contributed by atoms with Crippen LogP contribution in [0.3, 0.4) is 0 Å². The number of methoxy groups -OCH3 is 2. The zero-order chi connectivity index (χ0) is 21.3. The highest BCUT2D eigenvalue weighted by molar-refractivity contribution is 6.32. The van der Waals surface area contributed by atoms with Crippen molar-refractivity contribution in [3.05, 3.63) is 46.5 Å². The molecule has 1 aliphatic heterocycles. The van der Waals surface area contributed by atoms with Crippen molar-refractivity contribution < 1.29 is 14.3 Å². The van der Waals surface area contributed by atoms with Crippen LogP contribution in [0.1, 0.15) is 36.8 Å². The van der Waals surface area contributed by atoms with E-state index in [1.807, 2.05) is 35.2 Å². The molecule has 1 fully saturated rings. The Hall–Kier alpha value is -2.60. The molecule has 1 saturated carbocycles. The molecule has 0 saturated heterocycles. The minimum absolute atomic E-state index is 0.0373. The van der Waals surface area contributed by atoms with E-state index in [-0.39, 0.29) is 12.1 Å². The lowest BCUT2D eigenvalue weighted by molar-refractivity contribution is 0.157. The molecule has 2 N–H and O–H groups in total. The molecule has 2 aromatic carbocycles. The first kappa shape index (κ1) is 20.7. The first-order chi connectivity index (χ1) is 14.5. The summed E-state index contributed by atoms with van der Waals surface area (Å²) in [4.78, 5) is 14.8. The number of anilines is 2. The van der Waals surface area contributed by atoms with E-state index in [1.165, 1.54) is 5.56 Å². The van der Waals surface area contributed by atoms with Crippen LogP contribution < -0.4 is 20.1 Å². The lowest BCUT2D eigenvalue weighted by Gasteiger charge is -2.40. The van der Waals surface area contributed by atoms with Crippen molar-refractivity contribution in [1.29, 1.82) is 0 Å². The summed E-state index contributed by atoms with van der Waals surface area (Å²) in [6.07, 6.45) is 3.94.